The number of halogens is 1. The molecule has 0 saturated heterocycles. The quantitative estimate of drug-likeness (QED) is 0.817. The van der Waals surface area contributed by atoms with Gasteiger partial charge in [0.15, 0.2) is 0 Å². The molecule has 0 aliphatic rings. The van der Waals surface area contributed by atoms with Gasteiger partial charge in [0, 0.05) is 11.1 Å². The predicted octanol–water partition coefficient (Wildman–Crippen LogP) is 2.85. The van der Waals surface area contributed by atoms with Crippen molar-refractivity contribution in [2.75, 3.05) is 6.61 Å². The van der Waals surface area contributed by atoms with Crippen molar-refractivity contribution < 1.29 is 4.74 Å². The van der Waals surface area contributed by atoms with Gasteiger partial charge in [-0.05, 0) is 31.0 Å². The maximum atomic E-state index is 5.81. The van der Waals surface area contributed by atoms with Crippen molar-refractivity contribution in [3.05, 3.63) is 29.3 Å². The van der Waals surface area contributed by atoms with Gasteiger partial charge in [-0.2, -0.15) is 0 Å². The van der Waals surface area contributed by atoms with Gasteiger partial charge in [0.05, 0.1) is 6.61 Å². The summed E-state index contributed by atoms with van der Waals surface area (Å²) in [6, 6.07) is 7.63. The molecule has 0 bridgehead atoms. The zero-order valence-electron chi connectivity index (χ0n) is 8.37. The van der Waals surface area contributed by atoms with E-state index >= 15 is 0 Å². The summed E-state index contributed by atoms with van der Waals surface area (Å²) in [5.74, 6) is 0.806. The van der Waals surface area contributed by atoms with Crippen LogP contribution in [0.25, 0.3) is 0 Å². The highest BCUT2D eigenvalue weighted by atomic mass is 35.5. The molecule has 0 spiro atoms. The second kappa shape index (κ2) is 5.89. The number of nitrogens with two attached hydrogens (primary N) is 1. The molecular formula is C11H16ClNO. The van der Waals surface area contributed by atoms with Crippen molar-refractivity contribution in [2.24, 2.45) is 5.73 Å². The van der Waals surface area contributed by atoms with Crippen molar-refractivity contribution in [1.82, 2.24) is 0 Å². The molecule has 0 aliphatic heterocycles. The van der Waals surface area contributed by atoms with Gasteiger partial charge in [-0.15, -0.1) is 0 Å². The molecular weight excluding hydrogens is 198 g/mol. The van der Waals surface area contributed by atoms with Gasteiger partial charge in [-0.1, -0.05) is 24.6 Å². The Morgan fingerprint density at radius 2 is 2.29 bits per heavy atom. The summed E-state index contributed by atoms with van der Waals surface area (Å²) in [5.41, 5.74) is 5.76. The molecule has 0 radical (unpaired) electrons. The molecule has 1 unspecified atom stereocenters. The first kappa shape index (κ1) is 11.3. The van der Waals surface area contributed by atoms with Gasteiger partial charge < -0.3 is 10.5 Å². The minimum absolute atomic E-state index is 0.231. The lowest BCUT2D eigenvalue weighted by Crippen LogP contribution is -2.21. The van der Waals surface area contributed by atoms with Crippen molar-refractivity contribution in [3.63, 3.8) is 0 Å². The Morgan fingerprint density at radius 1 is 1.50 bits per heavy atom. The molecule has 78 valence electrons. The molecule has 0 saturated carbocycles. The summed E-state index contributed by atoms with van der Waals surface area (Å²) in [7, 11) is 0. The summed E-state index contributed by atoms with van der Waals surface area (Å²) in [5, 5.41) is 0.697. The van der Waals surface area contributed by atoms with E-state index in [1.54, 1.807) is 6.07 Å². The third kappa shape index (κ3) is 3.99. The smallest absolute Gasteiger partial charge is 0.120 e. The van der Waals surface area contributed by atoms with E-state index in [0.717, 1.165) is 18.6 Å². The van der Waals surface area contributed by atoms with Crippen molar-refractivity contribution in [1.29, 1.82) is 0 Å². The molecule has 0 amide bonds. The van der Waals surface area contributed by atoms with Gasteiger partial charge in [-0.25, -0.2) is 0 Å². The van der Waals surface area contributed by atoms with E-state index in [0.29, 0.717) is 11.6 Å². The molecule has 1 aromatic carbocycles. The first-order chi connectivity index (χ1) is 6.72. The second-order valence-corrected chi connectivity index (χ2v) is 3.70. The minimum atomic E-state index is 0.231. The topological polar surface area (TPSA) is 35.2 Å². The third-order valence-corrected chi connectivity index (χ3v) is 2.31. The average molecular weight is 214 g/mol. The van der Waals surface area contributed by atoms with Crippen LogP contribution in [0.15, 0.2) is 24.3 Å². The van der Waals surface area contributed by atoms with Crippen molar-refractivity contribution >= 4 is 11.6 Å². The molecule has 0 fully saturated rings. The highest BCUT2D eigenvalue weighted by molar-refractivity contribution is 6.30. The van der Waals surface area contributed by atoms with Crippen LogP contribution in [0.1, 0.15) is 19.8 Å². The molecule has 3 heteroatoms. The summed E-state index contributed by atoms with van der Waals surface area (Å²) in [6.45, 7) is 2.72. The number of hydrogen-bond donors (Lipinski definition) is 1. The van der Waals surface area contributed by atoms with Gasteiger partial charge in [0.25, 0.3) is 0 Å². The van der Waals surface area contributed by atoms with E-state index in [2.05, 4.69) is 6.92 Å². The molecule has 0 aliphatic carbocycles. The fourth-order valence-corrected chi connectivity index (χ4v) is 1.27. The van der Waals surface area contributed by atoms with E-state index in [1.165, 1.54) is 0 Å². The van der Waals surface area contributed by atoms with Crippen LogP contribution in [0.4, 0.5) is 0 Å². The first-order valence-electron chi connectivity index (χ1n) is 4.86. The zero-order valence-corrected chi connectivity index (χ0v) is 9.13. The summed E-state index contributed by atoms with van der Waals surface area (Å²) < 4.78 is 5.49. The lowest BCUT2D eigenvalue weighted by molar-refractivity contribution is 0.296. The minimum Gasteiger partial charge on any atom is -0.493 e. The van der Waals surface area contributed by atoms with E-state index < -0.39 is 0 Å². The monoisotopic (exact) mass is 213 g/mol. The first-order valence-corrected chi connectivity index (χ1v) is 5.24. The number of rotatable bonds is 5. The van der Waals surface area contributed by atoms with E-state index in [1.807, 2.05) is 18.2 Å². The van der Waals surface area contributed by atoms with Crippen molar-refractivity contribution in [3.8, 4) is 5.75 Å². The fourth-order valence-electron chi connectivity index (χ4n) is 1.09. The summed E-state index contributed by atoms with van der Waals surface area (Å²) in [4.78, 5) is 0. The second-order valence-electron chi connectivity index (χ2n) is 3.26. The van der Waals surface area contributed by atoms with Crippen molar-refractivity contribution in [2.45, 2.75) is 25.8 Å². The Kier molecular flexibility index (Phi) is 4.77. The molecule has 14 heavy (non-hydrogen) atoms. The van der Waals surface area contributed by atoms with Gasteiger partial charge >= 0.3 is 0 Å². The molecule has 1 aromatic rings. The van der Waals surface area contributed by atoms with Crippen LogP contribution in [-0.2, 0) is 0 Å². The van der Waals surface area contributed by atoms with Gasteiger partial charge in [0.1, 0.15) is 5.75 Å². The van der Waals surface area contributed by atoms with Crippen LogP contribution in [-0.4, -0.2) is 12.6 Å². The van der Waals surface area contributed by atoms with Crippen LogP contribution >= 0.6 is 11.6 Å². The van der Waals surface area contributed by atoms with Crippen LogP contribution in [0.5, 0.6) is 5.75 Å². The maximum Gasteiger partial charge on any atom is 0.120 e. The van der Waals surface area contributed by atoms with E-state index in [-0.39, 0.29) is 6.04 Å². The van der Waals surface area contributed by atoms with E-state index in [4.69, 9.17) is 22.1 Å². The lowest BCUT2D eigenvalue weighted by Gasteiger charge is -2.10. The predicted molar refractivity (Wildman–Crippen MR) is 59.8 cm³/mol. The largest absolute Gasteiger partial charge is 0.493 e. The Hall–Kier alpha value is -0.730. The standard InChI is InChI=1S/C11H16ClNO/c1-2-10(13)6-7-14-11-5-3-4-9(12)8-11/h3-5,8,10H,2,6-7,13H2,1H3. The lowest BCUT2D eigenvalue weighted by atomic mass is 10.2. The summed E-state index contributed by atoms with van der Waals surface area (Å²) in [6.07, 6.45) is 1.86. The molecule has 2 nitrogen and oxygen atoms in total. The molecule has 1 atom stereocenters. The Morgan fingerprint density at radius 3 is 2.93 bits per heavy atom. The van der Waals surface area contributed by atoms with Gasteiger partial charge in [-0.3, -0.25) is 0 Å². The SMILES string of the molecule is CCC(N)CCOc1cccc(Cl)c1. The number of hydrogen-bond acceptors (Lipinski definition) is 2. The highest BCUT2D eigenvalue weighted by Crippen LogP contribution is 2.17. The molecule has 0 aromatic heterocycles. The molecule has 0 heterocycles. The summed E-state index contributed by atoms with van der Waals surface area (Å²) >= 11 is 5.81. The Labute approximate surface area is 90.0 Å². The maximum absolute atomic E-state index is 5.81. The molecule has 1 rings (SSSR count). The van der Waals surface area contributed by atoms with E-state index in [9.17, 15) is 0 Å². The highest BCUT2D eigenvalue weighted by Gasteiger charge is 1.99. The average Bonchev–Trinajstić information content (AvgIpc) is 2.17. The number of benzene rings is 1. The van der Waals surface area contributed by atoms with Crippen LogP contribution in [0, 0.1) is 0 Å². The Bertz CT molecular complexity index is 278. The van der Waals surface area contributed by atoms with Crippen LogP contribution < -0.4 is 10.5 Å². The van der Waals surface area contributed by atoms with Crippen LogP contribution in [0.3, 0.4) is 0 Å². The van der Waals surface area contributed by atoms with Gasteiger partial charge in [0.2, 0.25) is 0 Å². The Balaban J connectivity index is 2.31. The fraction of sp³-hybridized carbons (Fsp3) is 0.455. The third-order valence-electron chi connectivity index (χ3n) is 2.08. The van der Waals surface area contributed by atoms with Crippen LogP contribution in [0.2, 0.25) is 5.02 Å². The molecule has 2 N–H and O–H groups in total. The number of ether oxygens (including phenoxy) is 1. The zero-order chi connectivity index (χ0) is 10.4. The normalized spacial score (nSPS) is 12.5.